The summed E-state index contributed by atoms with van der Waals surface area (Å²) in [5.41, 5.74) is 0.935. The van der Waals surface area contributed by atoms with Crippen molar-refractivity contribution in [3.05, 3.63) is 41.1 Å². The zero-order valence-electron chi connectivity index (χ0n) is 14.7. The van der Waals surface area contributed by atoms with Crippen LogP contribution in [0.5, 0.6) is 5.75 Å². The molecule has 2 heterocycles. The first-order valence-corrected chi connectivity index (χ1v) is 9.50. The molecule has 2 aliphatic rings. The molecule has 1 aliphatic heterocycles. The third-order valence-electron chi connectivity index (χ3n) is 5.12. The standard InChI is InChI=1S/C19H20ClN3O3S/c1-21-14-6-12(20)2-3-15(14)25-11-23-9-19(10-23)7-13(8-19)22-18(24)16-4-5-17(27)26-16/h2-6,13,27H,1,7-11H2,(H,22,24). The highest BCUT2D eigenvalue weighted by atomic mass is 35.5. The summed E-state index contributed by atoms with van der Waals surface area (Å²) >= 11 is 10.0. The van der Waals surface area contributed by atoms with Crippen molar-refractivity contribution >= 4 is 42.5 Å². The smallest absolute Gasteiger partial charge is 0.287 e. The lowest BCUT2D eigenvalue weighted by atomic mass is 9.61. The molecule has 6 nitrogen and oxygen atoms in total. The summed E-state index contributed by atoms with van der Waals surface area (Å²) in [6, 6.07) is 8.81. The number of nitrogens with zero attached hydrogens (tertiary/aromatic N) is 2. The molecule has 4 rings (SSSR count). The van der Waals surface area contributed by atoms with Crippen molar-refractivity contribution in [1.82, 2.24) is 10.2 Å². The van der Waals surface area contributed by atoms with Gasteiger partial charge in [0.2, 0.25) is 0 Å². The van der Waals surface area contributed by atoms with Crippen molar-refractivity contribution < 1.29 is 13.9 Å². The largest absolute Gasteiger partial charge is 0.476 e. The van der Waals surface area contributed by atoms with Crippen LogP contribution in [0, 0.1) is 5.41 Å². The first kappa shape index (κ1) is 18.4. The maximum absolute atomic E-state index is 12.1. The average Bonchev–Trinajstić information content (AvgIpc) is 3.02. The number of amides is 1. The third kappa shape index (κ3) is 3.85. The van der Waals surface area contributed by atoms with Gasteiger partial charge in [-0.15, -0.1) is 12.6 Å². The van der Waals surface area contributed by atoms with Gasteiger partial charge in [-0.05, 0) is 55.3 Å². The monoisotopic (exact) mass is 405 g/mol. The number of aliphatic imine (C=N–C) groups is 1. The molecule has 142 valence electrons. The van der Waals surface area contributed by atoms with Crippen molar-refractivity contribution in [2.45, 2.75) is 24.0 Å². The summed E-state index contributed by atoms with van der Waals surface area (Å²) in [7, 11) is 0. The first-order chi connectivity index (χ1) is 13.0. The highest BCUT2D eigenvalue weighted by Gasteiger charge is 2.52. The molecule has 1 saturated carbocycles. The fourth-order valence-electron chi connectivity index (χ4n) is 3.94. The lowest BCUT2D eigenvalue weighted by Gasteiger charge is -2.58. The summed E-state index contributed by atoms with van der Waals surface area (Å²) in [5, 5.41) is 4.06. The number of hydrogen-bond donors (Lipinski definition) is 2. The van der Waals surface area contributed by atoms with E-state index in [0.29, 0.717) is 39.5 Å². The van der Waals surface area contributed by atoms with Gasteiger partial charge in [-0.1, -0.05) is 11.6 Å². The van der Waals surface area contributed by atoms with E-state index in [1.54, 1.807) is 24.3 Å². The Kier molecular flexibility index (Phi) is 4.92. The van der Waals surface area contributed by atoms with Gasteiger partial charge in [0.25, 0.3) is 5.91 Å². The SMILES string of the molecule is C=Nc1cc(Cl)ccc1OCN1CC2(CC(NC(=O)c3ccc(S)o3)C2)C1. The van der Waals surface area contributed by atoms with Gasteiger partial charge in [0, 0.05) is 24.2 Å². The minimum Gasteiger partial charge on any atom is -0.476 e. The Bertz CT molecular complexity index is 871. The number of rotatable bonds is 6. The van der Waals surface area contributed by atoms with E-state index in [4.69, 9.17) is 20.8 Å². The number of ether oxygens (including phenoxy) is 1. The second kappa shape index (κ2) is 7.22. The Hall–Kier alpha value is -1.96. The molecule has 0 bridgehead atoms. The molecule has 1 saturated heterocycles. The Labute approximate surface area is 167 Å². The average molecular weight is 406 g/mol. The van der Waals surface area contributed by atoms with Crippen molar-refractivity contribution in [3.8, 4) is 5.75 Å². The van der Waals surface area contributed by atoms with E-state index >= 15 is 0 Å². The molecule has 1 aliphatic carbocycles. The molecular formula is C19H20ClN3O3S. The van der Waals surface area contributed by atoms with Gasteiger partial charge in [-0.25, -0.2) is 0 Å². The van der Waals surface area contributed by atoms with E-state index in [1.807, 2.05) is 6.07 Å². The third-order valence-corrected chi connectivity index (χ3v) is 5.60. The minimum atomic E-state index is -0.179. The summed E-state index contributed by atoms with van der Waals surface area (Å²) < 4.78 is 11.1. The van der Waals surface area contributed by atoms with E-state index in [9.17, 15) is 4.79 Å². The Morgan fingerprint density at radius 3 is 2.85 bits per heavy atom. The lowest BCUT2D eigenvalue weighted by molar-refractivity contribution is -0.103. The number of likely N-dealkylation sites (tertiary alicyclic amines) is 1. The molecule has 2 aromatic rings. The van der Waals surface area contributed by atoms with Gasteiger partial charge in [-0.3, -0.25) is 14.7 Å². The number of carbonyl (C=O) groups is 1. The van der Waals surface area contributed by atoms with Gasteiger partial charge in [0.1, 0.15) is 18.2 Å². The predicted molar refractivity (Wildman–Crippen MR) is 107 cm³/mol. The molecule has 1 aromatic heterocycles. The van der Waals surface area contributed by atoms with E-state index in [0.717, 1.165) is 25.9 Å². The highest BCUT2D eigenvalue weighted by Crippen LogP contribution is 2.48. The summed E-state index contributed by atoms with van der Waals surface area (Å²) in [5.74, 6) is 0.803. The molecule has 0 atom stereocenters. The normalized spacial score (nSPS) is 18.6. The minimum absolute atomic E-state index is 0.179. The number of furan rings is 1. The quantitative estimate of drug-likeness (QED) is 0.567. The van der Waals surface area contributed by atoms with E-state index in [1.165, 1.54) is 0 Å². The maximum Gasteiger partial charge on any atom is 0.287 e. The molecule has 0 unspecified atom stereocenters. The van der Waals surface area contributed by atoms with Crippen LogP contribution in [0.3, 0.4) is 0 Å². The summed E-state index contributed by atoms with van der Waals surface area (Å²) in [6.45, 7) is 5.97. The van der Waals surface area contributed by atoms with Crippen LogP contribution in [-0.4, -0.2) is 43.4 Å². The zero-order chi connectivity index (χ0) is 19.0. The molecule has 1 amide bonds. The van der Waals surface area contributed by atoms with Crippen molar-refractivity contribution in [2.75, 3.05) is 19.8 Å². The Morgan fingerprint density at radius 1 is 1.41 bits per heavy atom. The summed E-state index contributed by atoms with van der Waals surface area (Å²) in [4.78, 5) is 18.3. The number of hydrogen-bond acceptors (Lipinski definition) is 6. The second-order valence-corrected chi connectivity index (χ2v) is 8.12. The van der Waals surface area contributed by atoms with E-state index in [2.05, 4.69) is 34.6 Å². The molecule has 1 aromatic carbocycles. The number of thiol groups is 1. The number of carbonyl (C=O) groups excluding carboxylic acids is 1. The fraction of sp³-hybridized carbons (Fsp3) is 0.368. The molecule has 8 heteroatoms. The zero-order valence-corrected chi connectivity index (χ0v) is 16.3. The van der Waals surface area contributed by atoms with Crippen LogP contribution in [-0.2, 0) is 0 Å². The van der Waals surface area contributed by atoms with Gasteiger partial charge < -0.3 is 14.5 Å². The molecule has 1 spiro atoms. The Morgan fingerprint density at radius 2 is 2.19 bits per heavy atom. The highest BCUT2D eigenvalue weighted by molar-refractivity contribution is 7.80. The molecule has 2 fully saturated rings. The topological polar surface area (TPSA) is 67.1 Å². The van der Waals surface area contributed by atoms with Crippen LogP contribution >= 0.6 is 24.2 Å². The number of benzene rings is 1. The Balaban J connectivity index is 1.21. The van der Waals surface area contributed by atoms with Gasteiger partial charge >= 0.3 is 0 Å². The van der Waals surface area contributed by atoms with Crippen LogP contribution in [0.25, 0.3) is 0 Å². The van der Waals surface area contributed by atoms with Gasteiger partial charge in [0.15, 0.2) is 10.9 Å². The summed E-state index contributed by atoms with van der Waals surface area (Å²) in [6.07, 6.45) is 1.95. The molecule has 1 N–H and O–H groups in total. The molecular weight excluding hydrogens is 386 g/mol. The lowest BCUT2D eigenvalue weighted by Crippen LogP contribution is -2.66. The van der Waals surface area contributed by atoms with Crippen molar-refractivity contribution in [1.29, 1.82) is 0 Å². The molecule has 0 radical (unpaired) electrons. The van der Waals surface area contributed by atoms with Gasteiger partial charge in [0.05, 0.1) is 0 Å². The molecule has 27 heavy (non-hydrogen) atoms. The predicted octanol–water partition coefficient (Wildman–Crippen LogP) is 3.78. The van der Waals surface area contributed by atoms with E-state index < -0.39 is 0 Å². The first-order valence-electron chi connectivity index (χ1n) is 8.67. The van der Waals surface area contributed by atoms with Gasteiger partial charge in [-0.2, -0.15) is 0 Å². The van der Waals surface area contributed by atoms with Crippen LogP contribution in [0.2, 0.25) is 5.02 Å². The van der Waals surface area contributed by atoms with Crippen molar-refractivity contribution in [2.24, 2.45) is 10.4 Å². The second-order valence-electron chi connectivity index (χ2n) is 7.25. The maximum atomic E-state index is 12.1. The van der Waals surface area contributed by atoms with Crippen LogP contribution < -0.4 is 10.1 Å². The van der Waals surface area contributed by atoms with Crippen LogP contribution in [0.4, 0.5) is 5.69 Å². The van der Waals surface area contributed by atoms with Crippen molar-refractivity contribution in [3.63, 3.8) is 0 Å². The van der Waals surface area contributed by atoms with E-state index in [-0.39, 0.29) is 11.9 Å². The number of halogens is 1. The number of nitrogens with one attached hydrogen (secondary N) is 1. The fourth-order valence-corrected chi connectivity index (χ4v) is 4.28. The van der Waals surface area contributed by atoms with Crippen LogP contribution in [0.15, 0.2) is 44.8 Å². The van der Waals surface area contributed by atoms with Crippen LogP contribution in [0.1, 0.15) is 23.4 Å².